The van der Waals surface area contributed by atoms with Crippen molar-refractivity contribution in [3.63, 3.8) is 0 Å². The number of rotatable bonds is 5. The molecule has 0 saturated heterocycles. The first kappa shape index (κ1) is 10.5. The van der Waals surface area contributed by atoms with E-state index in [1.54, 1.807) is 0 Å². The summed E-state index contributed by atoms with van der Waals surface area (Å²) in [6.45, 7) is 10.5. The van der Waals surface area contributed by atoms with Gasteiger partial charge < -0.3 is 0 Å². The minimum Gasteiger partial charge on any atom is -0.0991 e. The summed E-state index contributed by atoms with van der Waals surface area (Å²) in [5, 5.41) is 0. The van der Waals surface area contributed by atoms with Gasteiger partial charge in [0.05, 0.1) is 0 Å². The van der Waals surface area contributed by atoms with Crippen molar-refractivity contribution < 1.29 is 0 Å². The van der Waals surface area contributed by atoms with Gasteiger partial charge in [-0.15, -0.1) is 0 Å². The van der Waals surface area contributed by atoms with Crippen molar-refractivity contribution in [1.82, 2.24) is 0 Å². The molecular formula is C11H20. The Morgan fingerprint density at radius 3 is 2.45 bits per heavy atom. The number of hydrogen-bond acceptors (Lipinski definition) is 0. The van der Waals surface area contributed by atoms with Crippen LogP contribution in [0.2, 0.25) is 0 Å². The van der Waals surface area contributed by atoms with Crippen LogP contribution in [0.4, 0.5) is 0 Å². The molecule has 0 spiro atoms. The topological polar surface area (TPSA) is 0 Å². The largest absolute Gasteiger partial charge is 0.0991 e. The summed E-state index contributed by atoms with van der Waals surface area (Å²) in [6, 6.07) is 0. The second-order valence-electron chi connectivity index (χ2n) is 3.02. The van der Waals surface area contributed by atoms with Gasteiger partial charge in [0.1, 0.15) is 0 Å². The standard InChI is InChI=1S/C11H20/c1-5-8-10(4)11(7-3)9-6-2/h6,9-10H,2,5,7-8H2,1,3-4H3/b11-9-. The minimum atomic E-state index is 0.739. The lowest BCUT2D eigenvalue weighted by atomic mass is 9.94. The van der Waals surface area contributed by atoms with Crippen LogP contribution in [0.5, 0.6) is 0 Å². The average Bonchev–Trinajstić information content (AvgIpc) is 2.00. The average molecular weight is 152 g/mol. The highest BCUT2D eigenvalue weighted by atomic mass is 14.1. The molecule has 11 heavy (non-hydrogen) atoms. The van der Waals surface area contributed by atoms with E-state index in [2.05, 4.69) is 33.4 Å². The Kier molecular flexibility index (Phi) is 5.91. The number of hydrogen-bond donors (Lipinski definition) is 0. The third-order valence-electron chi connectivity index (χ3n) is 2.09. The molecule has 0 aromatic rings. The summed E-state index contributed by atoms with van der Waals surface area (Å²) in [6.07, 6.45) is 7.78. The van der Waals surface area contributed by atoms with Gasteiger partial charge in [-0.3, -0.25) is 0 Å². The first-order chi connectivity index (χ1) is 5.26. The van der Waals surface area contributed by atoms with Crippen molar-refractivity contribution in [2.45, 2.75) is 40.0 Å². The Bertz CT molecular complexity index is 131. The van der Waals surface area contributed by atoms with E-state index in [0.29, 0.717) is 0 Å². The van der Waals surface area contributed by atoms with Crippen LogP contribution >= 0.6 is 0 Å². The smallest absolute Gasteiger partial charge is 0.0229 e. The predicted octanol–water partition coefficient (Wildman–Crippen LogP) is 3.95. The van der Waals surface area contributed by atoms with E-state index in [0.717, 1.165) is 12.3 Å². The number of allylic oxidation sites excluding steroid dienone is 3. The summed E-state index contributed by atoms with van der Waals surface area (Å²) in [5.41, 5.74) is 1.53. The lowest BCUT2D eigenvalue weighted by Gasteiger charge is -2.12. The van der Waals surface area contributed by atoms with Crippen LogP contribution in [-0.2, 0) is 0 Å². The Labute approximate surface area is 71.0 Å². The normalized spacial score (nSPS) is 14.6. The van der Waals surface area contributed by atoms with Gasteiger partial charge in [0.15, 0.2) is 0 Å². The van der Waals surface area contributed by atoms with E-state index < -0.39 is 0 Å². The van der Waals surface area contributed by atoms with Gasteiger partial charge in [0.25, 0.3) is 0 Å². The van der Waals surface area contributed by atoms with Crippen LogP contribution in [0.25, 0.3) is 0 Å². The van der Waals surface area contributed by atoms with Crippen molar-refractivity contribution in [3.8, 4) is 0 Å². The molecule has 0 aliphatic heterocycles. The van der Waals surface area contributed by atoms with E-state index in [-0.39, 0.29) is 0 Å². The van der Waals surface area contributed by atoms with Crippen LogP contribution in [0, 0.1) is 5.92 Å². The minimum absolute atomic E-state index is 0.739. The third-order valence-corrected chi connectivity index (χ3v) is 2.09. The molecule has 0 radical (unpaired) electrons. The van der Waals surface area contributed by atoms with Crippen molar-refractivity contribution in [2.75, 3.05) is 0 Å². The molecule has 0 heterocycles. The molecule has 0 heteroatoms. The molecule has 0 aromatic heterocycles. The summed E-state index contributed by atoms with van der Waals surface area (Å²) in [7, 11) is 0. The predicted molar refractivity (Wildman–Crippen MR) is 52.6 cm³/mol. The molecule has 0 N–H and O–H groups in total. The Hall–Kier alpha value is -0.520. The molecule has 1 atom stereocenters. The van der Waals surface area contributed by atoms with Gasteiger partial charge in [-0.25, -0.2) is 0 Å². The van der Waals surface area contributed by atoms with Crippen LogP contribution in [0.1, 0.15) is 40.0 Å². The van der Waals surface area contributed by atoms with E-state index in [1.165, 1.54) is 18.4 Å². The fraction of sp³-hybridized carbons (Fsp3) is 0.636. The highest BCUT2D eigenvalue weighted by Gasteiger charge is 2.03. The summed E-state index contributed by atoms with van der Waals surface area (Å²) in [5.74, 6) is 0.739. The Morgan fingerprint density at radius 2 is 2.09 bits per heavy atom. The quantitative estimate of drug-likeness (QED) is 0.523. The van der Waals surface area contributed by atoms with Crippen molar-refractivity contribution >= 4 is 0 Å². The van der Waals surface area contributed by atoms with Crippen LogP contribution < -0.4 is 0 Å². The van der Waals surface area contributed by atoms with Crippen LogP contribution in [0.15, 0.2) is 24.3 Å². The zero-order valence-electron chi connectivity index (χ0n) is 8.06. The van der Waals surface area contributed by atoms with Crippen molar-refractivity contribution in [3.05, 3.63) is 24.3 Å². The second kappa shape index (κ2) is 6.21. The van der Waals surface area contributed by atoms with E-state index >= 15 is 0 Å². The van der Waals surface area contributed by atoms with Crippen molar-refractivity contribution in [2.24, 2.45) is 5.92 Å². The lowest BCUT2D eigenvalue weighted by molar-refractivity contribution is 0.586. The molecule has 0 amide bonds. The summed E-state index contributed by atoms with van der Waals surface area (Å²) < 4.78 is 0. The first-order valence-electron chi connectivity index (χ1n) is 4.57. The third kappa shape index (κ3) is 4.02. The summed E-state index contributed by atoms with van der Waals surface area (Å²) >= 11 is 0. The van der Waals surface area contributed by atoms with Gasteiger partial charge in [0, 0.05) is 0 Å². The highest BCUT2D eigenvalue weighted by Crippen LogP contribution is 2.18. The molecule has 0 saturated carbocycles. The Balaban J connectivity index is 4.01. The Morgan fingerprint density at radius 1 is 1.45 bits per heavy atom. The maximum absolute atomic E-state index is 3.71. The maximum Gasteiger partial charge on any atom is -0.0229 e. The molecular weight excluding hydrogens is 132 g/mol. The zero-order chi connectivity index (χ0) is 8.69. The van der Waals surface area contributed by atoms with E-state index in [1.807, 2.05) is 6.08 Å². The second-order valence-corrected chi connectivity index (χ2v) is 3.02. The molecule has 0 nitrogen and oxygen atoms in total. The molecule has 0 aliphatic carbocycles. The van der Waals surface area contributed by atoms with Gasteiger partial charge in [-0.2, -0.15) is 0 Å². The molecule has 0 fully saturated rings. The molecule has 1 unspecified atom stereocenters. The molecule has 64 valence electrons. The van der Waals surface area contributed by atoms with E-state index in [4.69, 9.17) is 0 Å². The monoisotopic (exact) mass is 152 g/mol. The van der Waals surface area contributed by atoms with Crippen molar-refractivity contribution in [1.29, 1.82) is 0 Å². The van der Waals surface area contributed by atoms with E-state index in [9.17, 15) is 0 Å². The lowest BCUT2D eigenvalue weighted by Crippen LogP contribution is -1.97. The highest BCUT2D eigenvalue weighted by molar-refractivity contribution is 5.12. The zero-order valence-corrected chi connectivity index (χ0v) is 8.06. The maximum atomic E-state index is 3.71. The molecule has 0 aromatic carbocycles. The van der Waals surface area contributed by atoms with Gasteiger partial charge in [0.2, 0.25) is 0 Å². The van der Waals surface area contributed by atoms with Crippen LogP contribution in [0.3, 0.4) is 0 Å². The van der Waals surface area contributed by atoms with Gasteiger partial charge in [-0.1, -0.05) is 51.5 Å². The fourth-order valence-electron chi connectivity index (χ4n) is 1.40. The molecule has 0 aliphatic rings. The van der Waals surface area contributed by atoms with Gasteiger partial charge >= 0.3 is 0 Å². The molecule has 0 rings (SSSR count). The molecule has 0 bridgehead atoms. The summed E-state index contributed by atoms with van der Waals surface area (Å²) in [4.78, 5) is 0. The SMILES string of the molecule is C=C/C=C(/CC)C(C)CCC. The van der Waals surface area contributed by atoms with Crippen LogP contribution in [-0.4, -0.2) is 0 Å². The van der Waals surface area contributed by atoms with Gasteiger partial charge in [-0.05, 0) is 18.8 Å². The first-order valence-corrected chi connectivity index (χ1v) is 4.57. The fourth-order valence-corrected chi connectivity index (χ4v) is 1.40.